The summed E-state index contributed by atoms with van der Waals surface area (Å²) in [5.41, 5.74) is 4.25. The number of aryl methyl sites for hydroxylation is 2. The third-order valence-electron chi connectivity index (χ3n) is 4.35. The molecule has 0 spiro atoms. The Balaban J connectivity index is 1.69. The fourth-order valence-electron chi connectivity index (χ4n) is 2.86. The Morgan fingerprint density at radius 1 is 1.07 bits per heavy atom. The zero-order valence-corrected chi connectivity index (χ0v) is 16.7. The number of carbonyl (C=O) groups is 1. The molecular weight excluding hydrogens is 356 g/mol. The van der Waals surface area contributed by atoms with E-state index in [-0.39, 0.29) is 5.91 Å². The van der Waals surface area contributed by atoms with Crippen molar-refractivity contribution in [2.75, 3.05) is 11.1 Å². The minimum Gasteiger partial charge on any atom is -0.325 e. The average Bonchev–Trinajstić information content (AvgIpc) is 3.10. The van der Waals surface area contributed by atoms with Crippen molar-refractivity contribution in [3.05, 3.63) is 59.7 Å². The molecule has 0 saturated carbocycles. The molecule has 3 aromatic rings. The Morgan fingerprint density at radius 2 is 1.81 bits per heavy atom. The molecule has 5 nitrogen and oxygen atoms in total. The summed E-state index contributed by atoms with van der Waals surface area (Å²) in [7, 11) is 0. The topological polar surface area (TPSA) is 59.8 Å². The number of anilines is 1. The van der Waals surface area contributed by atoms with E-state index in [1.54, 1.807) is 0 Å². The van der Waals surface area contributed by atoms with Crippen molar-refractivity contribution in [2.24, 2.45) is 0 Å². The number of rotatable bonds is 7. The molecule has 1 amide bonds. The van der Waals surface area contributed by atoms with Gasteiger partial charge in [-0.1, -0.05) is 66.7 Å². The van der Waals surface area contributed by atoms with Gasteiger partial charge in [-0.3, -0.25) is 4.79 Å². The van der Waals surface area contributed by atoms with E-state index in [0.29, 0.717) is 5.75 Å². The van der Waals surface area contributed by atoms with E-state index in [0.717, 1.165) is 40.8 Å². The summed E-state index contributed by atoms with van der Waals surface area (Å²) in [6, 6.07) is 16.1. The van der Waals surface area contributed by atoms with Gasteiger partial charge in [0.25, 0.3) is 0 Å². The summed E-state index contributed by atoms with van der Waals surface area (Å²) in [5.74, 6) is 1.09. The first kappa shape index (κ1) is 19.2. The lowest BCUT2D eigenvalue weighted by molar-refractivity contribution is -0.113. The number of benzene rings is 2. The third kappa shape index (κ3) is 4.57. The Bertz CT molecular complexity index is 918. The molecule has 2 aromatic carbocycles. The highest BCUT2D eigenvalue weighted by Gasteiger charge is 2.15. The third-order valence-corrected chi connectivity index (χ3v) is 5.31. The minimum absolute atomic E-state index is 0.0385. The number of hydrogen-bond donors (Lipinski definition) is 1. The maximum Gasteiger partial charge on any atom is 0.234 e. The summed E-state index contributed by atoms with van der Waals surface area (Å²) < 4.78 is 2.04. The van der Waals surface area contributed by atoms with Crippen LogP contribution in [-0.2, 0) is 17.8 Å². The van der Waals surface area contributed by atoms with Crippen LogP contribution in [0, 0.1) is 6.92 Å². The molecule has 1 N–H and O–H groups in total. The van der Waals surface area contributed by atoms with Crippen molar-refractivity contribution in [3.63, 3.8) is 0 Å². The van der Waals surface area contributed by atoms with Crippen LogP contribution >= 0.6 is 11.8 Å². The molecule has 6 heteroatoms. The quantitative estimate of drug-likeness (QED) is 0.610. The van der Waals surface area contributed by atoms with Gasteiger partial charge in [0.15, 0.2) is 11.0 Å². The number of para-hydroxylation sites is 1. The first-order valence-corrected chi connectivity index (χ1v) is 10.1. The van der Waals surface area contributed by atoms with Crippen LogP contribution < -0.4 is 5.32 Å². The van der Waals surface area contributed by atoms with Gasteiger partial charge in [0, 0.05) is 17.8 Å². The fourth-order valence-corrected chi connectivity index (χ4v) is 3.67. The highest BCUT2D eigenvalue weighted by molar-refractivity contribution is 7.99. The predicted molar refractivity (Wildman–Crippen MR) is 111 cm³/mol. The summed E-state index contributed by atoms with van der Waals surface area (Å²) in [5, 5.41) is 12.4. The molecular formula is C21H24N4OS. The van der Waals surface area contributed by atoms with Gasteiger partial charge in [0.1, 0.15) is 0 Å². The highest BCUT2D eigenvalue weighted by atomic mass is 32.2. The second-order valence-corrected chi connectivity index (χ2v) is 7.21. The molecule has 0 fully saturated rings. The van der Waals surface area contributed by atoms with Crippen LogP contribution in [0.25, 0.3) is 11.4 Å². The number of hydrogen-bond acceptors (Lipinski definition) is 4. The van der Waals surface area contributed by atoms with Gasteiger partial charge in [-0.25, -0.2) is 0 Å². The maximum atomic E-state index is 12.4. The summed E-state index contributed by atoms with van der Waals surface area (Å²) in [4.78, 5) is 12.4. The molecule has 3 rings (SSSR count). The van der Waals surface area contributed by atoms with Crippen LogP contribution in [0.1, 0.15) is 25.0 Å². The van der Waals surface area contributed by atoms with E-state index in [4.69, 9.17) is 0 Å². The SMILES string of the molecule is CCc1ccccc1NC(=O)CSc1nnc(-c2ccc(C)cc2)n1CC. The van der Waals surface area contributed by atoms with Crippen molar-refractivity contribution in [3.8, 4) is 11.4 Å². The standard InChI is InChI=1S/C21H24N4OS/c1-4-16-8-6-7-9-18(16)22-19(26)14-27-21-24-23-20(25(21)5-2)17-12-10-15(3)11-13-17/h6-13H,4-5,14H2,1-3H3,(H,22,26). The summed E-state index contributed by atoms with van der Waals surface area (Å²) >= 11 is 1.41. The van der Waals surface area contributed by atoms with Crippen molar-refractivity contribution in [1.29, 1.82) is 0 Å². The van der Waals surface area contributed by atoms with Gasteiger partial charge in [0.2, 0.25) is 5.91 Å². The lowest BCUT2D eigenvalue weighted by Gasteiger charge is -2.10. The highest BCUT2D eigenvalue weighted by Crippen LogP contribution is 2.24. The van der Waals surface area contributed by atoms with Crippen LogP contribution in [0.4, 0.5) is 5.69 Å². The summed E-state index contributed by atoms with van der Waals surface area (Å²) in [6.07, 6.45) is 0.883. The lowest BCUT2D eigenvalue weighted by atomic mass is 10.1. The van der Waals surface area contributed by atoms with Crippen molar-refractivity contribution in [1.82, 2.24) is 14.8 Å². The van der Waals surface area contributed by atoms with E-state index in [1.165, 1.54) is 17.3 Å². The van der Waals surface area contributed by atoms with Crippen molar-refractivity contribution in [2.45, 2.75) is 38.9 Å². The molecule has 0 unspecified atom stereocenters. The maximum absolute atomic E-state index is 12.4. The Labute approximate surface area is 164 Å². The van der Waals surface area contributed by atoms with E-state index < -0.39 is 0 Å². The van der Waals surface area contributed by atoms with Gasteiger partial charge >= 0.3 is 0 Å². The molecule has 1 heterocycles. The Morgan fingerprint density at radius 3 is 2.52 bits per heavy atom. The number of thioether (sulfide) groups is 1. The molecule has 0 atom stereocenters. The lowest BCUT2D eigenvalue weighted by Crippen LogP contribution is -2.15. The molecule has 0 saturated heterocycles. The number of carbonyl (C=O) groups excluding carboxylic acids is 1. The molecule has 27 heavy (non-hydrogen) atoms. The van der Waals surface area contributed by atoms with Gasteiger partial charge in [0.05, 0.1) is 5.75 Å². The van der Waals surface area contributed by atoms with E-state index in [2.05, 4.69) is 48.4 Å². The average molecular weight is 381 g/mol. The molecule has 140 valence electrons. The number of nitrogens with one attached hydrogen (secondary N) is 1. The predicted octanol–water partition coefficient (Wildman–Crippen LogP) is 4.57. The van der Waals surface area contributed by atoms with Crippen LogP contribution in [0.3, 0.4) is 0 Å². The van der Waals surface area contributed by atoms with Gasteiger partial charge in [-0.05, 0) is 31.9 Å². The molecule has 0 bridgehead atoms. The smallest absolute Gasteiger partial charge is 0.234 e. The molecule has 0 aliphatic rings. The first-order valence-electron chi connectivity index (χ1n) is 9.13. The van der Waals surface area contributed by atoms with E-state index >= 15 is 0 Å². The Hall–Kier alpha value is -2.60. The molecule has 0 aliphatic heterocycles. The van der Waals surface area contributed by atoms with Gasteiger partial charge in [-0.15, -0.1) is 10.2 Å². The molecule has 0 radical (unpaired) electrons. The van der Waals surface area contributed by atoms with Crippen LogP contribution in [-0.4, -0.2) is 26.4 Å². The largest absolute Gasteiger partial charge is 0.325 e. The van der Waals surface area contributed by atoms with Crippen molar-refractivity contribution >= 4 is 23.4 Å². The number of nitrogens with zero attached hydrogens (tertiary/aromatic N) is 3. The van der Waals surface area contributed by atoms with Gasteiger partial charge in [-0.2, -0.15) is 0 Å². The first-order chi connectivity index (χ1) is 13.1. The second-order valence-electron chi connectivity index (χ2n) is 6.26. The normalized spacial score (nSPS) is 10.8. The molecule has 0 aliphatic carbocycles. The zero-order valence-electron chi connectivity index (χ0n) is 15.9. The number of aromatic nitrogens is 3. The fraction of sp³-hybridized carbons (Fsp3) is 0.286. The van der Waals surface area contributed by atoms with Crippen LogP contribution in [0.15, 0.2) is 53.7 Å². The monoisotopic (exact) mass is 380 g/mol. The van der Waals surface area contributed by atoms with Crippen LogP contribution in [0.2, 0.25) is 0 Å². The van der Waals surface area contributed by atoms with E-state index in [1.807, 2.05) is 41.0 Å². The second kappa shape index (κ2) is 8.86. The molecule has 1 aromatic heterocycles. The van der Waals surface area contributed by atoms with Crippen LogP contribution in [0.5, 0.6) is 0 Å². The zero-order chi connectivity index (χ0) is 19.2. The van der Waals surface area contributed by atoms with Gasteiger partial charge < -0.3 is 9.88 Å². The minimum atomic E-state index is -0.0385. The summed E-state index contributed by atoms with van der Waals surface area (Å²) in [6.45, 7) is 6.95. The van der Waals surface area contributed by atoms with E-state index in [9.17, 15) is 4.79 Å². The van der Waals surface area contributed by atoms with Crippen molar-refractivity contribution < 1.29 is 4.79 Å². The Kier molecular flexibility index (Phi) is 6.29. The number of amides is 1.